The molecule has 0 saturated carbocycles. The Bertz CT molecular complexity index is 572. The van der Waals surface area contributed by atoms with Crippen LogP contribution in [0.25, 0.3) is 0 Å². The molecule has 1 unspecified atom stereocenters. The highest BCUT2D eigenvalue weighted by atomic mass is 79.9. The van der Waals surface area contributed by atoms with Crippen molar-refractivity contribution in [1.29, 1.82) is 0 Å². The van der Waals surface area contributed by atoms with E-state index < -0.39 is 0 Å². The number of rotatable bonds is 5. The van der Waals surface area contributed by atoms with E-state index in [1.807, 2.05) is 19.9 Å². The third-order valence-corrected chi connectivity index (χ3v) is 3.95. The van der Waals surface area contributed by atoms with Crippen LogP contribution < -0.4 is 5.32 Å². The molecule has 1 heterocycles. The van der Waals surface area contributed by atoms with Crippen LogP contribution in [0.15, 0.2) is 35.1 Å². The highest BCUT2D eigenvalue weighted by Crippen LogP contribution is 2.25. The van der Waals surface area contributed by atoms with Gasteiger partial charge in [0.1, 0.15) is 5.82 Å². The zero-order chi connectivity index (χ0) is 14.5. The van der Waals surface area contributed by atoms with E-state index in [1.54, 1.807) is 18.5 Å². The molecule has 106 valence electrons. The van der Waals surface area contributed by atoms with Gasteiger partial charge in [-0.2, -0.15) is 0 Å². The van der Waals surface area contributed by atoms with Gasteiger partial charge < -0.3 is 5.32 Å². The lowest BCUT2D eigenvalue weighted by Crippen LogP contribution is -2.24. The van der Waals surface area contributed by atoms with Crippen molar-refractivity contribution in [2.75, 3.05) is 6.54 Å². The quantitative estimate of drug-likeness (QED) is 0.906. The molecular formula is C15H17BrFN3. The second kappa shape index (κ2) is 6.90. The van der Waals surface area contributed by atoms with E-state index in [0.29, 0.717) is 10.9 Å². The van der Waals surface area contributed by atoms with Gasteiger partial charge in [0.2, 0.25) is 0 Å². The highest BCUT2D eigenvalue weighted by molar-refractivity contribution is 9.10. The molecule has 2 aromatic rings. The number of nitrogens with zero attached hydrogens (tertiary/aromatic N) is 2. The monoisotopic (exact) mass is 337 g/mol. The molecule has 0 aliphatic heterocycles. The van der Waals surface area contributed by atoms with Gasteiger partial charge in [-0.3, -0.25) is 9.97 Å². The van der Waals surface area contributed by atoms with E-state index in [9.17, 15) is 4.39 Å². The molecule has 5 heteroatoms. The fourth-order valence-electron chi connectivity index (χ4n) is 2.04. The standard InChI is InChI=1S/C15H17BrFN3/c1-3-18-13(14-9-19-10(2)8-20-14)7-11-5-4-6-12(17)15(11)16/h4-6,8-9,13,18H,3,7H2,1-2H3. The predicted molar refractivity (Wildman–Crippen MR) is 81.0 cm³/mol. The number of halogens is 2. The summed E-state index contributed by atoms with van der Waals surface area (Å²) < 4.78 is 14.1. The Morgan fingerprint density at radius 2 is 2.10 bits per heavy atom. The van der Waals surface area contributed by atoms with Crippen LogP contribution in [0.4, 0.5) is 4.39 Å². The minimum Gasteiger partial charge on any atom is -0.309 e. The SMILES string of the molecule is CCNC(Cc1cccc(F)c1Br)c1cnc(C)cn1. The van der Waals surface area contributed by atoms with E-state index in [0.717, 1.165) is 23.5 Å². The first kappa shape index (κ1) is 15.1. The lowest BCUT2D eigenvalue weighted by Gasteiger charge is -2.18. The fourth-order valence-corrected chi connectivity index (χ4v) is 2.46. The Hall–Kier alpha value is -1.33. The summed E-state index contributed by atoms with van der Waals surface area (Å²) >= 11 is 3.31. The zero-order valence-corrected chi connectivity index (χ0v) is 13.1. The molecule has 1 aromatic carbocycles. The first-order chi connectivity index (χ1) is 9.61. The third kappa shape index (κ3) is 3.61. The zero-order valence-electron chi connectivity index (χ0n) is 11.5. The second-order valence-electron chi connectivity index (χ2n) is 4.61. The van der Waals surface area contributed by atoms with Crippen LogP contribution in [0.3, 0.4) is 0 Å². The topological polar surface area (TPSA) is 37.8 Å². The fraction of sp³-hybridized carbons (Fsp3) is 0.333. The maximum Gasteiger partial charge on any atom is 0.137 e. The van der Waals surface area contributed by atoms with Crippen molar-refractivity contribution in [3.63, 3.8) is 0 Å². The minimum absolute atomic E-state index is 0.0196. The summed E-state index contributed by atoms with van der Waals surface area (Å²) in [7, 11) is 0. The molecule has 2 rings (SSSR count). The normalized spacial score (nSPS) is 12.4. The molecule has 1 atom stereocenters. The van der Waals surface area contributed by atoms with Gasteiger partial charge in [-0.15, -0.1) is 0 Å². The average Bonchev–Trinajstić information content (AvgIpc) is 2.44. The van der Waals surface area contributed by atoms with Crippen molar-refractivity contribution in [2.24, 2.45) is 0 Å². The van der Waals surface area contributed by atoms with E-state index in [-0.39, 0.29) is 11.9 Å². The van der Waals surface area contributed by atoms with Gasteiger partial charge in [-0.05, 0) is 47.4 Å². The Kier molecular flexibility index (Phi) is 5.20. The van der Waals surface area contributed by atoms with E-state index in [2.05, 4.69) is 31.2 Å². The van der Waals surface area contributed by atoms with Crippen LogP contribution in [-0.4, -0.2) is 16.5 Å². The summed E-state index contributed by atoms with van der Waals surface area (Å²) in [5.41, 5.74) is 2.67. The molecule has 3 nitrogen and oxygen atoms in total. The number of aryl methyl sites for hydroxylation is 1. The molecule has 0 radical (unpaired) electrons. The molecule has 1 aromatic heterocycles. The predicted octanol–water partition coefficient (Wildman–Crippen LogP) is 3.58. The summed E-state index contributed by atoms with van der Waals surface area (Å²) in [5, 5.41) is 3.37. The molecule has 0 aliphatic carbocycles. The summed E-state index contributed by atoms with van der Waals surface area (Å²) in [5.74, 6) is -0.243. The lowest BCUT2D eigenvalue weighted by atomic mass is 10.0. The van der Waals surface area contributed by atoms with Crippen LogP contribution in [0.1, 0.15) is 29.9 Å². The second-order valence-corrected chi connectivity index (χ2v) is 5.40. The largest absolute Gasteiger partial charge is 0.309 e. The van der Waals surface area contributed by atoms with E-state index in [1.165, 1.54) is 6.07 Å². The third-order valence-electron chi connectivity index (χ3n) is 3.06. The van der Waals surface area contributed by atoms with Gasteiger partial charge in [-0.1, -0.05) is 19.1 Å². The maximum atomic E-state index is 13.6. The van der Waals surface area contributed by atoms with Gasteiger partial charge >= 0.3 is 0 Å². The van der Waals surface area contributed by atoms with Gasteiger partial charge in [0.15, 0.2) is 0 Å². The Balaban J connectivity index is 2.25. The van der Waals surface area contributed by atoms with Crippen molar-refractivity contribution >= 4 is 15.9 Å². The van der Waals surface area contributed by atoms with Crippen molar-refractivity contribution < 1.29 is 4.39 Å². The van der Waals surface area contributed by atoms with Gasteiger partial charge in [-0.25, -0.2) is 4.39 Å². The molecule has 0 aliphatic rings. The maximum absolute atomic E-state index is 13.6. The molecule has 0 fully saturated rings. The minimum atomic E-state index is -0.243. The van der Waals surface area contributed by atoms with Gasteiger partial charge in [0.25, 0.3) is 0 Å². The van der Waals surface area contributed by atoms with Gasteiger partial charge in [0, 0.05) is 6.20 Å². The molecule has 0 amide bonds. The summed E-state index contributed by atoms with van der Waals surface area (Å²) in [6.45, 7) is 4.75. The van der Waals surface area contributed by atoms with Crippen molar-refractivity contribution in [1.82, 2.24) is 15.3 Å². The van der Waals surface area contributed by atoms with E-state index in [4.69, 9.17) is 0 Å². The molecule has 0 saturated heterocycles. The number of nitrogens with one attached hydrogen (secondary N) is 1. The first-order valence-electron chi connectivity index (χ1n) is 6.56. The summed E-state index contributed by atoms with van der Waals surface area (Å²) in [6.07, 6.45) is 4.18. The smallest absolute Gasteiger partial charge is 0.137 e. The molecule has 0 bridgehead atoms. The number of benzene rings is 1. The average molecular weight is 338 g/mol. The molecule has 1 N–H and O–H groups in total. The summed E-state index contributed by atoms with van der Waals surface area (Å²) in [4.78, 5) is 8.69. The number of hydrogen-bond donors (Lipinski definition) is 1. The highest BCUT2D eigenvalue weighted by Gasteiger charge is 2.15. The van der Waals surface area contributed by atoms with Crippen LogP contribution in [0.2, 0.25) is 0 Å². The van der Waals surface area contributed by atoms with Crippen LogP contribution in [-0.2, 0) is 6.42 Å². The lowest BCUT2D eigenvalue weighted by molar-refractivity contribution is 0.530. The number of aromatic nitrogens is 2. The van der Waals surface area contributed by atoms with E-state index >= 15 is 0 Å². The van der Waals surface area contributed by atoms with Gasteiger partial charge in [0.05, 0.1) is 28.1 Å². The number of hydrogen-bond acceptors (Lipinski definition) is 3. The Labute approximate surface area is 126 Å². The Morgan fingerprint density at radius 1 is 1.30 bits per heavy atom. The Morgan fingerprint density at radius 3 is 2.75 bits per heavy atom. The summed E-state index contributed by atoms with van der Waals surface area (Å²) in [6, 6.07) is 5.10. The van der Waals surface area contributed by atoms with Crippen LogP contribution in [0, 0.1) is 12.7 Å². The van der Waals surface area contributed by atoms with Crippen molar-refractivity contribution in [3.8, 4) is 0 Å². The molecule has 0 spiro atoms. The molecular weight excluding hydrogens is 321 g/mol. The van der Waals surface area contributed by atoms with Crippen LogP contribution in [0.5, 0.6) is 0 Å². The first-order valence-corrected chi connectivity index (χ1v) is 7.36. The van der Waals surface area contributed by atoms with Crippen LogP contribution >= 0.6 is 15.9 Å². The van der Waals surface area contributed by atoms with Crippen molar-refractivity contribution in [3.05, 3.63) is 57.8 Å². The van der Waals surface area contributed by atoms with Crippen molar-refractivity contribution in [2.45, 2.75) is 26.3 Å². The number of likely N-dealkylation sites (N-methyl/N-ethyl adjacent to an activating group) is 1. The molecule has 20 heavy (non-hydrogen) atoms.